The molecule has 0 aliphatic rings. The highest BCUT2D eigenvalue weighted by Crippen LogP contribution is 2.21. The van der Waals surface area contributed by atoms with Crippen LogP contribution < -0.4 is 0 Å². The average molecular weight is 244 g/mol. The summed E-state index contributed by atoms with van der Waals surface area (Å²) in [6, 6.07) is 3.22. The van der Waals surface area contributed by atoms with E-state index in [2.05, 4.69) is 4.74 Å². The minimum Gasteiger partial charge on any atom is -0.465 e. The summed E-state index contributed by atoms with van der Waals surface area (Å²) >= 11 is 5.19. The smallest absolute Gasteiger partial charge is 0.344 e. The summed E-state index contributed by atoms with van der Waals surface area (Å²) in [5.74, 6) is -0.897. The molecule has 1 rings (SSSR count). The molecule has 0 spiro atoms. The summed E-state index contributed by atoms with van der Waals surface area (Å²) in [5, 5.41) is 9.80. The fourth-order valence-electron chi connectivity index (χ4n) is 1.09. The maximum atomic E-state index is 11.2. The van der Waals surface area contributed by atoms with Gasteiger partial charge in [0.15, 0.2) is 0 Å². The quantitative estimate of drug-likeness (QED) is 0.349. The Hall–Kier alpha value is -1.95. The van der Waals surface area contributed by atoms with E-state index in [1.165, 1.54) is 6.07 Å². The van der Waals surface area contributed by atoms with Gasteiger partial charge in [0.25, 0.3) is 10.9 Å². The Bertz CT molecular complexity index is 471. The van der Waals surface area contributed by atoms with Crippen LogP contribution in [0.25, 0.3) is 0 Å². The molecule has 84 valence electrons. The molecule has 7 heteroatoms. The Kier molecular flexibility index (Phi) is 3.57. The van der Waals surface area contributed by atoms with Gasteiger partial charge < -0.3 is 4.74 Å². The summed E-state index contributed by atoms with van der Waals surface area (Å²) in [7, 11) is 1.08. The Balaban J connectivity index is 3.38. The Labute approximate surface area is 94.9 Å². The van der Waals surface area contributed by atoms with Crippen LogP contribution in [0.1, 0.15) is 20.7 Å². The second kappa shape index (κ2) is 4.71. The van der Waals surface area contributed by atoms with Crippen LogP contribution in [-0.2, 0) is 4.74 Å². The molecule has 6 nitrogen and oxygen atoms in total. The number of carbonyl (C=O) groups is 2. The van der Waals surface area contributed by atoms with Crippen molar-refractivity contribution in [2.75, 3.05) is 7.11 Å². The fraction of sp³-hybridized carbons (Fsp3) is 0.111. The van der Waals surface area contributed by atoms with E-state index in [1.807, 2.05) is 0 Å². The zero-order valence-corrected chi connectivity index (χ0v) is 8.85. The summed E-state index contributed by atoms with van der Waals surface area (Å²) in [4.78, 5) is 31.9. The van der Waals surface area contributed by atoms with Crippen molar-refractivity contribution in [1.29, 1.82) is 0 Å². The number of nitro benzene ring substituents is 1. The third-order valence-corrected chi connectivity index (χ3v) is 2.04. The molecule has 0 unspecified atom stereocenters. The first kappa shape index (κ1) is 12.1. The molecule has 0 saturated heterocycles. The minimum atomic E-state index is -0.897. The summed E-state index contributed by atoms with van der Waals surface area (Å²) in [5.41, 5.74) is -0.750. The SMILES string of the molecule is COC(=O)c1cc(C(=O)Cl)ccc1[N+](=O)[O-]. The number of hydrogen-bond donors (Lipinski definition) is 0. The van der Waals surface area contributed by atoms with Crippen LogP contribution in [0.5, 0.6) is 0 Å². The molecule has 0 aliphatic heterocycles. The van der Waals surface area contributed by atoms with Crippen molar-refractivity contribution in [3.8, 4) is 0 Å². The highest BCUT2D eigenvalue weighted by atomic mass is 35.5. The van der Waals surface area contributed by atoms with Crippen LogP contribution in [0.3, 0.4) is 0 Å². The van der Waals surface area contributed by atoms with E-state index in [9.17, 15) is 19.7 Å². The van der Waals surface area contributed by atoms with Gasteiger partial charge in [0.05, 0.1) is 12.0 Å². The lowest BCUT2D eigenvalue weighted by molar-refractivity contribution is -0.385. The van der Waals surface area contributed by atoms with Gasteiger partial charge in [0.1, 0.15) is 5.56 Å². The van der Waals surface area contributed by atoms with Gasteiger partial charge in [0, 0.05) is 11.6 Å². The molecule has 0 bridgehead atoms. The standard InChI is InChI=1S/C9H6ClNO5/c1-16-9(13)6-4-5(8(10)12)2-3-7(6)11(14)15/h2-4H,1H3. The molecule has 0 saturated carbocycles. The van der Waals surface area contributed by atoms with Crippen molar-refractivity contribution in [3.63, 3.8) is 0 Å². The molecule has 1 aromatic carbocycles. The first-order chi connectivity index (χ1) is 7.47. The van der Waals surface area contributed by atoms with Gasteiger partial charge in [-0.1, -0.05) is 0 Å². The number of ether oxygens (including phenoxy) is 1. The van der Waals surface area contributed by atoms with Gasteiger partial charge in [-0.05, 0) is 23.7 Å². The Morgan fingerprint density at radius 3 is 2.50 bits per heavy atom. The maximum absolute atomic E-state index is 11.2. The zero-order chi connectivity index (χ0) is 12.3. The van der Waals surface area contributed by atoms with Gasteiger partial charge in [-0.25, -0.2) is 4.79 Å². The van der Waals surface area contributed by atoms with Gasteiger partial charge in [-0.2, -0.15) is 0 Å². The predicted molar refractivity (Wildman–Crippen MR) is 54.6 cm³/mol. The molecule has 0 fully saturated rings. The minimum absolute atomic E-state index is 0.00679. The van der Waals surface area contributed by atoms with E-state index in [0.29, 0.717) is 0 Å². The molecule has 16 heavy (non-hydrogen) atoms. The summed E-state index contributed by atoms with van der Waals surface area (Å²) in [6.45, 7) is 0. The van der Waals surface area contributed by atoms with Crippen molar-refractivity contribution in [1.82, 2.24) is 0 Å². The summed E-state index contributed by atoms with van der Waals surface area (Å²) < 4.78 is 4.36. The van der Waals surface area contributed by atoms with Gasteiger partial charge >= 0.3 is 5.97 Å². The molecule has 0 N–H and O–H groups in total. The molecule has 0 radical (unpaired) electrons. The third-order valence-electron chi connectivity index (χ3n) is 1.83. The van der Waals surface area contributed by atoms with Crippen molar-refractivity contribution in [3.05, 3.63) is 39.4 Å². The van der Waals surface area contributed by atoms with Crippen LogP contribution in [0.15, 0.2) is 18.2 Å². The number of nitrogens with zero attached hydrogens (tertiary/aromatic N) is 1. The second-order valence-electron chi connectivity index (χ2n) is 2.75. The van der Waals surface area contributed by atoms with Crippen LogP contribution in [0.2, 0.25) is 0 Å². The molecule has 0 heterocycles. The lowest BCUT2D eigenvalue weighted by Gasteiger charge is -2.02. The molecule has 0 aliphatic carbocycles. The van der Waals surface area contributed by atoms with Crippen LogP contribution >= 0.6 is 11.6 Å². The van der Waals surface area contributed by atoms with Crippen molar-refractivity contribution >= 4 is 28.5 Å². The lowest BCUT2D eigenvalue weighted by Crippen LogP contribution is -2.07. The predicted octanol–water partition coefficient (Wildman–Crippen LogP) is 1.76. The number of methoxy groups -OCH3 is 1. The number of halogens is 1. The highest BCUT2D eigenvalue weighted by Gasteiger charge is 2.22. The van der Waals surface area contributed by atoms with E-state index >= 15 is 0 Å². The van der Waals surface area contributed by atoms with E-state index in [0.717, 1.165) is 19.2 Å². The van der Waals surface area contributed by atoms with Crippen molar-refractivity contribution in [2.24, 2.45) is 0 Å². The molecular formula is C9H6ClNO5. The molecule has 1 aromatic rings. The van der Waals surface area contributed by atoms with E-state index in [-0.39, 0.29) is 11.1 Å². The Morgan fingerprint density at radius 2 is 2.06 bits per heavy atom. The normalized spacial score (nSPS) is 9.62. The maximum Gasteiger partial charge on any atom is 0.344 e. The number of benzene rings is 1. The van der Waals surface area contributed by atoms with Gasteiger partial charge in [-0.3, -0.25) is 14.9 Å². The number of carbonyl (C=O) groups excluding carboxylic acids is 2. The van der Waals surface area contributed by atoms with E-state index in [1.54, 1.807) is 0 Å². The van der Waals surface area contributed by atoms with Crippen LogP contribution in [-0.4, -0.2) is 23.2 Å². The monoisotopic (exact) mass is 243 g/mol. The lowest BCUT2D eigenvalue weighted by atomic mass is 10.1. The number of rotatable bonds is 3. The zero-order valence-electron chi connectivity index (χ0n) is 8.10. The number of nitro groups is 1. The molecular weight excluding hydrogens is 238 g/mol. The first-order valence-electron chi connectivity index (χ1n) is 4.04. The van der Waals surface area contributed by atoms with Gasteiger partial charge in [0.2, 0.25) is 0 Å². The molecule has 0 atom stereocenters. The van der Waals surface area contributed by atoms with Gasteiger partial charge in [-0.15, -0.1) is 0 Å². The average Bonchev–Trinajstić information content (AvgIpc) is 2.26. The molecule has 0 aromatic heterocycles. The van der Waals surface area contributed by atoms with Crippen molar-refractivity contribution < 1.29 is 19.2 Å². The summed E-state index contributed by atoms with van der Waals surface area (Å²) in [6.07, 6.45) is 0. The second-order valence-corrected chi connectivity index (χ2v) is 3.10. The van der Waals surface area contributed by atoms with E-state index < -0.39 is 21.8 Å². The Morgan fingerprint density at radius 1 is 1.44 bits per heavy atom. The molecule has 0 amide bonds. The third kappa shape index (κ3) is 2.34. The van der Waals surface area contributed by atoms with Crippen LogP contribution in [0.4, 0.5) is 5.69 Å². The van der Waals surface area contributed by atoms with E-state index in [4.69, 9.17) is 11.6 Å². The largest absolute Gasteiger partial charge is 0.465 e. The fourth-order valence-corrected chi connectivity index (χ4v) is 1.21. The highest BCUT2D eigenvalue weighted by molar-refractivity contribution is 6.67. The van der Waals surface area contributed by atoms with Crippen LogP contribution in [0, 0.1) is 10.1 Å². The topological polar surface area (TPSA) is 86.5 Å². The number of esters is 1. The number of hydrogen-bond acceptors (Lipinski definition) is 5. The first-order valence-corrected chi connectivity index (χ1v) is 4.41. The van der Waals surface area contributed by atoms with Crippen molar-refractivity contribution in [2.45, 2.75) is 0 Å².